The predicted molar refractivity (Wildman–Crippen MR) is 114 cm³/mol. The van der Waals surface area contributed by atoms with Crippen LogP contribution in [0.25, 0.3) is 11.3 Å². The van der Waals surface area contributed by atoms with Crippen LogP contribution in [0.4, 0.5) is 0 Å². The standard InChI is InChI=1S/C17H22ClN3O2S.2ClH/c1-11(19-3)8-21-17(22)12(2)24-10-16-20-9-15(23-16)13-4-6-14(18)7-5-13;;/h4-7,9,11-12,19H,8,10H2,1-3H3,(H,21,22);2*1H. The molecule has 9 heteroatoms. The summed E-state index contributed by atoms with van der Waals surface area (Å²) in [5, 5.41) is 6.52. The summed E-state index contributed by atoms with van der Waals surface area (Å²) in [6.45, 7) is 4.51. The average molecular weight is 441 g/mol. The van der Waals surface area contributed by atoms with Gasteiger partial charge in [-0.2, -0.15) is 0 Å². The van der Waals surface area contributed by atoms with Crippen LogP contribution in [0.5, 0.6) is 0 Å². The predicted octanol–water partition coefficient (Wildman–Crippen LogP) is 4.18. The van der Waals surface area contributed by atoms with Crippen molar-refractivity contribution in [1.82, 2.24) is 15.6 Å². The molecule has 1 heterocycles. The highest BCUT2D eigenvalue weighted by atomic mass is 35.5. The van der Waals surface area contributed by atoms with Crippen LogP contribution in [0.2, 0.25) is 5.02 Å². The van der Waals surface area contributed by atoms with E-state index in [0.717, 1.165) is 5.56 Å². The highest BCUT2D eigenvalue weighted by molar-refractivity contribution is 7.99. The normalized spacial score (nSPS) is 12.5. The van der Waals surface area contributed by atoms with E-state index in [1.54, 1.807) is 6.20 Å². The molecule has 1 amide bonds. The molecule has 146 valence electrons. The van der Waals surface area contributed by atoms with Gasteiger partial charge in [0.05, 0.1) is 17.2 Å². The zero-order chi connectivity index (χ0) is 17.5. The number of nitrogens with one attached hydrogen (secondary N) is 2. The molecule has 0 saturated heterocycles. The van der Waals surface area contributed by atoms with Gasteiger partial charge in [-0.05, 0) is 45.2 Å². The fourth-order valence-electron chi connectivity index (χ4n) is 1.90. The number of hydrogen-bond acceptors (Lipinski definition) is 5. The monoisotopic (exact) mass is 439 g/mol. The number of halogens is 3. The third-order valence-electron chi connectivity index (χ3n) is 3.58. The molecule has 0 fully saturated rings. The molecule has 0 radical (unpaired) electrons. The Morgan fingerprint density at radius 1 is 1.27 bits per heavy atom. The van der Waals surface area contributed by atoms with Crippen molar-refractivity contribution in [2.75, 3.05) is 13.6 Å². The van der Waals surface area contributed by atoms with Gasteiger partial charge in [0.25, 0.3) is 0 Å². The second kappa shape index (κ2) is 12.5. The number of amides is 1. The summed E-state index contributed by atoms with van der Waals surface area (Å²) < 4.78 is 5.74. The Labute approximate surface area is 175 Å². The minimum atomic E-state index is -0.167. The van der Waals surface area contributed by atoms with Crippen LogP contribution in [0.15, 0.2) is 34.9 Å². The molecule has 2 atom stereocenters. The third kappa shape index (κ3) is 7.76. The van der Waals surface area contributed by atoms with Crippen LogP contribution in [-0.2, 0) is 10.5 Å². The molecule has 0 aliphatic carbocycles. The van der Waals surface area contributed by atoms with E-state index in [-0.39, 0.29) is 42.0 Å². The minimum absolute atomic E-state index is 0. The number of nitrogens with zero attached hydrogens (tertiary/aromatic N) is 1. The Kier molecular flexibility index (Phi) is 12.0. The lowest BCUT2D eigenvalue weighted by atomic mass is 10.2. The van der Waals surface area contributed by atoms with Gasteiger partial charge in [0, 0.05) is 23.2 Å². The number of oxazole rings is 1. The molecule has 1 aromatic heterocycles. The Balaban J connectivity index is 0.00000312. The highest BCUT2D eigenvalue weighted by Crippen LogP contribution is 2.25. The number of thioether (sulfide) groups is 1. The molecule has 0 aliphatic heterocycles. The SMILES string of the molecule is CNC(C)CNC(=O)C(C)SCc1ncc(-c2ccc(Cl)cc2)o1.Cl.Cl. The lowest BCUT2D eigenvalue weighted by Crippen LogP contribution is -2.40. The first-order chi connectivity index (χ1) is 11.5. The summed E-state index contributed by atoms with van der Waals surface area (Å²) in [5.74, 6) is 1.87. The van der Waals surface area contributed by atoms with Crippen LogP contribution in [0, 0.1) is 0 Å². The maximum atomic E-state index is 12.0. The van der Waals surface area contributed by atoms with Crippen LogP contribution in [0.1, 0.15) is 19.7 Å². The number of likely N-dealkylation sites (N-methyl/N-ethyl adjacent to an activating group) is 1. The van der Waals surface area contributed by atoms with Crippen LogP contribution in [0.3, 0.4) is 0 Å². The maximum absolute atomic E-state index is 12.0. The van der Waals surface area contributed by atoms with Gasteiger partial charge >= 0.3 is 0 Å². The van der Waals surface area contributed by atoms with Crippen molar-refractivity contribution in [2.24, 2.45) is 0 Å². The quantitative estimate of drug-likeness (QED) is 0.644. The summed E-state index contributed by atoms with van der Waals surface area (Å²) in [4.78, 5) is 16.3. The molecular formula is C17H24Cl3N3O2S. The van der Waals surface area contributed by atoms with E-state index in [1.807, 2.05) is 45.2 Å². The summed E-state index contributed by atoms with van der Waals surface area (Å²) in [7, 11) is 1.87. The van der Waals surface area contributed by atoms with Gasteiger partial charge in [-0.3, -0.25) is 4.79 Å². The Morgan fingerprint density at radius 3 is 2.54 bits per heavy atom. The summed E-state index contributed by atoms with van der Waals surface area (Å²) in [6.07, 6.45) is 1.69. The molecule has 26 heavy (non-hydrogen) atoms. The van der Waals surface area contributed by atoms with Gasteiger partial charge in [-0.25, -0.2) is 4.98 Å². The van der Waals surface area contributed by atoms with Gasteiger partial charge in [0.2, 0.25) is 11.8 Å². The van der Waals surface area contributed by atoms with E-state index >= 15 is 0 Å². The van der Waals surface area contributed by atoms with Crippen molar-refractivity contribution in [3.8, 4) is 11.3 Å². The van der Waals surface area contributed by atoms with Crippen molar-refractivity contribution >= 4 is 54.1 Å². The van der Waals surface area contributed by atoms with Crippen LogP contribution in [-0.4, -0.2) is 35.8 Å². The molecule has 5 nitrogen and oxygen atoms in total. The summed E-state index contributed by atoms with van der Waals surface area (Å²) in [5.41, 5.74) is 0.926. The van der Waals surface area contributed by atoms with Crippen molar-refractivity contribution in [3.05, 3.63) is 41.4 Å². The molecule has 1 aromatic carbocycles. The topological polar surface area (TPSA) is 67.2 Å². The van der Waals surface area contributed by atoms with E-state index in [1.165, 1.54) is 11.8 Å². The second-order valence-corrected chi connectivity index (χ2v) is 7.28. The van der Waals surface area contributed by atoms with E-state index in [2.05, 4.69) is 15.6 Å². The van der Waals surface area contributed by atoms with Gasteiger partial charge in [0.15, 0.2) is 5.76 Å². The maximum Gasteiger partial charge on any atom is 0.232 e. The first-order valence-electron chi connectivity index (χ1n) is 7.76. The average Bonchev–Trinajstić information content (AvgIpc) is 3.06. The van der Waals surface area contributed by atoms with Gasteiger partial charge in [0.1, 0.15) is 0 Å². The molecule has 0 bridgehead atoms. The van der Waals surface area contributed by atoms with Crippen LogP contribution < -0.4 is 10.6 Å². The lowest BCUT2D eigenvalue weighted by molar-refractivity contribution is -0.120. The number of aromatic nitrogens is 1. The van der Waals surface area contributed by atoms with Crippen molar-refractivity contribution in [3.63, 3.8) is 0 Å². The molecule has 2 unspecified atom stereocenters. The first-order valence-corrected chi connectivity index (χ1v) is 9.19. The van der Waals surface area contributed by atoms with E-state index in [0.29, 0.717) is 29.0 Å². The molecule has 0 saturated carbocycles. The summed E-state index contributed by atoms with van der Waals surface area (Å²) >= 11 is 7.38. The van der Waals surface area contributed by atoms with Crippen molar-refractivity contribution < 1.29 is 9.21 Å². The molecule has 0 spiro atoms. The number of benzene rings is 1. The number of carbonyl (C=O) groups excluding carboxylic acids is 1. The number of carbonyl (C=O) groups is 1. The second-order valence-electron chi connectivity index (χ2n) is 5.51. The molecule has 2 rings (SSSR count). The minimum Gasteiger partial charge on any atom is -0.440 e. The first kappa shape index (κ1) is 25.1. The molecular weight excluding hydrogens is 417 g/mol. The van der Waals surface area contributed by atoms with E-state index in [4.69, 9.17) is 16.0 Å². The zero-order valence-electron chi connectivity index (χ0n) is 14.8. The van der Waals surface area contributed by atoms with Gasteiger partial charge < -0.3 is 15.1 Å². The van der Waals surface area contributed by atoms with Crippen molar-refractivity contribution in [2.45, 2.75) is 30.9 Å². The number of hydrogen-bond donors (Lipinski definition) is 2. The Morgan fingerprint density at radius 2 is 1.92 bits per heavy atom. The fourth-order valence-corrected chi connectivity index (χ4v) is 2.78. The number of rotatable bonds is 8. The highest BCUT2D eigenvalue weighted by Gasteiger charge is 2.15. The van der Waals surface area contributed by atoms with Crippen molar-refractivity contribution in [1.29, 1.82) is 0 Å². The molecule has 2 aromatic rings. The Bertz CT molecular complexity index is 668. The Hall–Kier alpha value is -0.920. The van der Waals surface area contributed by atoms with Gasteiger partial charge in [-0.15, -0.1) is 36.6 Å². The molecule has 2 N–H and O–H groups in total. The smallest absolute Gasteiger partial charge is 0.232 e. The van der Waals surface area contributed by atoms with Crippen LogP contribution >= 0.6 is 48.2 Å². The molecule has 0 aliphatic rings. The van der Waals surface area contributed by atoms with E-state index in [9.17, 15) is 4.79 Å². The largest absolute Gasteiger partial charge is 0.440 e. The van der Waals surface area contributed by atoms with Gasteiger partial charge in [-0.1, -0.05) is 11.6 Å². The third-order valence-corrected chi connectivity index (χ3v) is 4.96. The zero-order valence-corrected chi connectivity index (χ0v) is 18.0. The lowest BCUT2D eigenvalue weighted by Gasteiger charge is -2.14. The fraction of sp³-hybridized carbons (Fsp3) is 0.412. The summed E-state index contributed by atoms with van der Waals surface area (Å²) in [6, 6.07) is 7.65. The van der Waals surface area contributed by atoms with E-state index < -0.39 is 0 Å².